The van der Waals surface area contributed by atoms with Crippen LogP contribution in [0.1, 0.15) is 39.5 Å². The van der Waals surface area contributed by atoms with Crippen LogP contribution in [-0.2, 0) is 4.74 Å². The number of hydrogen-bond acceptors (Lipinski definition) is 1. The zero-order chi connectivity index (χ0) is 8.69. The van der Waals surface area contributed by atoms with Crippen LogP contribution in [0.25, 0.3) is 0 Å². The van der Waals surface area contributed by atoms with Crippen molar-refractivity contribution in [2.45, 2.75) is 39.5 Å². The van der Waals surface area contributed by atoms with Crippen LogP contribution in [0.3, 0.4) is 0 Å². The highest BCUT2D eigenvalue weighted by molar-refractivity contribution is 6.21. The molecule has 0 atom stereocenters. The molecule has 0 amide bonds. The van der Waals surface area contributed by atoms with Gasteiger partial charge >= 0.3 is 0 Å². The van der Waals surface area contributed by atoms with E-state index < -0.39 is 0 Å². The first-order valence-electron chi connectivity index (χ1n) is 4.48. The summed E-state index contributed by atoms with van der Waals surface area (Å²) in [5, 5.41) is 1.55. The van der Waals surface area contributed by atoms with E-state index in [-0.39, 0.29) is 0 Å². The molecule has 0 bridgehead atoms. The van der Waals surface area contributed by atoms with Gasteiger partial charge in [0.15, 0.2) is 0 Å². The van der Waals surface area contributed by atoms with E-state index in [9.17, 15) is 0 Å². The zero-order valence-corrected chi connectivity index (χ0v) is 10.2. The Morgan fingerprint density at radius 3 is 2.09 bits per heavy atom. The molecule has 0 N–H and O–H groups in total. The van der Waals surface area contributed by atoms with E-state index in [1.54, 1.807) is 12.3 Å². The number of ether oxygens (including phenoxy) is 1. The lowest BCUT2D eigenvalue weighted by molar-refractivity contribution is 0.272. The topological polar surface area (TPSA) is 9.23 Å². The van der Waals surface area contributed by atoms with Crippen molar-refractivity contribution in [2.24, 2.45) is 0 Å². The predicted octanol–water partition coefficient (Wildman–Crippen LogP) is 1.81. The summed E-state index contributed by atoms with van der Waals surface area (Å²) < 4.78 is 5.32. The molecule has 2 heteroatoms. The van der Waals surface area contributed by atoms with Gasteiger partial charge in [-0.3, -0.25) is 0 Å². The third-order valence-corrected chi connectivity index (χ3v) is 2.88. The Balaban J connectivity index is 4.02. The van der Waals surface area contributed by atoms with Gasteiger partial charge in [0.05, 0.1) is 12.9 Å². The van der Waals surface area contributed by atoms with Crippen molar-refractivity contribution in [2.75, 3.05) is 7.11 Å². The van der Waals surface area contributed by atoms with Gasteiger partial charge in [0, 0.05) is 16.7 Å². The number of methoxy groups -OCH3 is 1. The second-order valence-electron chi connectivity index (χ2n) is 2.91. The van der Waals surface area contributed by atoms with E-state index >= 15 is 0 Å². The summed E-state index contributed by atoms with van der Waals surface area (Å²) in [4.78, 5) is 0. The first kappa shape index (κ1) is 10.8. The molecule has 0 aromatic carbocycles. The summed E-state index contributed by atoms with van der Waals surface area (Å²) >= 11 is 0. The molecule has 0 aromatic heterocycles. The van der Waals surface area contributed by atoms with Gasteiger partial charge in [-0.25, -0.2) is 0 Å². The van der Waals surface area contributed by atoms with E-state index in [0.29, 0.717) is 0 Å². The molecule has 0 aliphatic heterocycles. The molecule has 66 valence electrons. The van der Waals surface area contributed by atoms with Crippen molar-refractivity contribution in [3.63, 3.8) is 0 Å². The van der Waals surface area contributed by atoms with Gasteiger partial charge < -0.3 is 4.74 Å². The minimum Gasteiger partial charge on any atom is -0.502 e. The van der Waals surface area contributed by atoms with Crippen LogP contribution in [0.15, 0.2) is 11.0 Å². The summed E-state index contributed by atoms with van der Waals surface area (Å²) in [6.45, 7) is 4.41. The van der Waals surface area contributed by atoms with E-state index in [2.05, 4.69) is 13.8 Å². The Bertz CT molecular complexity index is 130. The van der Waals surface area contributed by atoms with Gasteiger partial charge in [0.25, 0.3) is 0 Å². The van der Waals surface area contributed by atoms with Crippen LogP contribution in [0.4, 0.5) is 0 Å². The van der Waals surface area contributed by atoms with Crippen molar-refractivity contribution in [3.05, 3.63) is 11.0 Å². The van der Waals surface area contributed by atoms with Gasteiger partial charge in [0.1, 0.15) is 0 Å². The van der Waals surface area contributed by atoms with E-state index in [0.717, 1.165) is 16.7 Å². The fourth-order valence-electron chi connectivity index (χ4n) is 1.23. The van der Waals surface area contributed by atoms with Gasteiger partial charge in [-0.1, -0.05) is 25.5 Å². The fraction of sp³-hybridized carbons (Fsp3) is 0.778. The molecule has 0 aliphatic rings. The highest BCUT2D eigenvalue weighted by atomic mass is 28.1. The second-order valence-corrected chi connectivity index (χ2v) is 4.11. The maximum atomic E-state index is 5.32. The summed E-state index contributed by atoms with van der Waals surface area (Å²) in [7, 11) is 2.95. The Hall–Kier alpha value is -0.243. The van der Waals surface area contributed by atoms with Crippen LogP contribution in [-0.4, -0.2) is 17.4 Å². The number of allylic oxidation sites excluding steroid dienone is 2. The Kier molecular flexibility index (Phi) is 6.32. The standard InChI is InChI=1S/C9H20OSi/c1-4-6-8(10-3)9(11)7-5-2/h4-7H2,1-3,11H3. The highest BCUT2D eigenvalue weighted by Crippen LogP contribution is 2.13. The average Bonchev–Trinajstić information content (AvgIpc) is 2.00. The van der Waals surface area contributed by atoms with E-state index in [1.807, 2.05) is 0 Å². The second kappa shape index (κ2) is 6.47. The van der Waals surface area contributed by atoms with Crippen LogP contribution < -0.4 is 0 Å². The number of hydrogen-bond donors (Lipinski definition) is 0. The number of rotatable bonds is 5. The molecular weight excluding hydrogens is 152 g/mol. The molecular formula is C9H20OSi. The Morgan fingerprint density at radius 1 is 1.18 bits per heavy atom. The van der Waals surface area contributed by atoms with Gasteiger partial charge in [-0.05, 0) is 12.8 Å². The van der Waals surface area contributed by atoms with Crippen LogP contribution in [0, 0.1) is 0 Å². The molecule has 1 nitrogen and oxygen atoms in total. The van der Waals surface area contributed by atoms with Crippen molar-refractivity contribution >= 4 is 10.2 Å². The Labute approximate surface area is 73.3 Å². The molecule has 0 saturated carbocycles. The van der Waals surface area contributed by atoms with E-state index in [4.69, 9.17) is 4.74 Å². The molecule has 0 radical (unpaired) electrons. The largest absolute Gasteiger partial charge is 0.502 e. The van der Waals surface area contributed by atoms with Crippen molar-refractivity contribution < 1.29 is 4.74 Å². The maximum absolute atomic E-state index is 5.32. The predicted molar refractivity (Wildman–Crippen MR) is 53.8 cm³/mol. The van der Waals surface area contributed by atoms with Gasteiger partial charge in [-0.2, -0.15) is 0 Å². The first-order valence-corrected chi connectivity index (χ1v) is 5.48. The monoisotopic (exact) mass is 172 g/mol. The van der Waals surface area contributed by atoms with Crippen LogP contribution >= 0.6 is 0 Å². The lowest BCUT2D eigenvalue weighted by atomic mass is 10.2. The summed E-state index contributed by atoms with van der Waals surface area (Å²) in [6, 6.07) is 0. The smallest absolute Gasteiger partial charge is 0.0898 e. The SMILES string of the molecule is CCCC([SiH3])=C(CCC)OC. The quantitative estimate of drug-likeness (QED) is 0.454. The summed E-state index contributed by atoms with van der Waals surface area (Å²) in [5.41, 5.74) is 0. The zero-order valence-electron chi connectivity index (χ0n) is 8.24. The molecule has 0 aliphatic carbocycles. The van der Waals surface area contributed by atoms with Crippen LogP contribution in [0.5, 0.6) is 0 Å². The van der Waals surface area contributed by atoms with Crippen LogP contribution in [0.2, 0.25) is 0 Å². The lowest BCUT2D eigenvalue weighted by Crippen LogP contribution is -1.94. The third-order valence-electron chi connectivity index (χ3n) is 1.82. The third kappa shape index (κ3) is 4.25. The average molecular weight is 172 g/mol. The molecule has 0 fully saturated rings. The normalized spacial score (nSPS) is 13.0. The van der Waals surface area contributed by atoms with E-state index in [1.165, 1.54) is 25.0 Å². The molecule has 0 heterocycles. The lowest BCUT2D eigenvalue weighted by Gasteiger charge is -2.08. The Morgan fingerprint density at radius 2 is 1.73 bits per heavy atom. The molecule has 0 aromatic rings. The van der Waals surface area contributed by atoms with Gasteiger partial charge in [0.2, 0.25) is 0 Å². The minimum absolute atomic E-state index is 1.12. The minimum atomic E-state index is 1.12. The van der Waals surface area contributed by atoms with Crippen molar-refractivity contribution in [1.82, 2.24) is 0 Å². The fourth-order valence-corrected chi connectivity index (χ4v) is 2.19. The molecule has 11 heavy (non-hydrogen) atoms. The maximum Gasteiger partial charge on any atom is 0.0898 e. The van der Waals surface area contributed by atoms with Crippen molar-refractivity contribution in [3.8, 4) is 0 Å². The first-order chi connectivity index (χ1) is 5.26. The molecule has 0 rings (SSSR count). The summed E-state index contributed by atoms with van der Waals surface area (Å²) in [6.07, 6.45) is 4.79. The molecule has 0 spiro atoms. The summed E-state index contributed by atoms with van der Waals surface area (Å²) in [5.74, 6) is 1.25. The molecule has 0 unspecified atom stereocenters. The van der Waals surface area contributed by atoms with Crippen molar-refractivity contribution in [1.29, 1.82) is 0 Å². The highest BCUT2D eigenvalue weighted by Gasteiger charge is 1.99. The molecule has 0 saturated heterocycles. The van der Waals surface area contributed by atoms with Gasteiger partial charge in [-0.15, -0.1) is 0 Å².